The molecule has 80 valence electrons. The Morgan fingerprint density at radius 3 is 3.06 bits per heavy atom. The summed E-state index contributed by atoms with van der Waals surface area (Å²) in [4.78, 5) is 4.30. The standard InChI is InChI=1S/C11H9N3OS/c12-7-1-2-9-10(5-7)15-11(14-9)13-8-3-4-16-6-8/h1-6H,12H2,(H,13,14). The van der Waals surface area contributed by atoms with Gasteiger partial charge < -0.3 is 15.5 Å². The van der Waals surface area contributed by atoms with Crippen LogP contribution in [0.15, 0.2) is 39.4 Å². The summed E-state index contributed by atoms with van der Waals surface area (Å²) < 4.78 is 5.52. The topological polar surface area (TPSA) is 64.1 Å². The summed E-state index contributed by atoms with van der Waals surface area (Å²) >= 11 is 1.62. The summed E-state index contributed by atoms with van der Waals surface area (Å²) in [6.45, 7) is 0. The normalized spacial score (nSPS) is 10.8. The molecule has 0 amide bonds. The van der Waals surface area contributed by atoms with E-state index in [-0.39, 0.29) is 0 Å². The zero-order chi connectivity index (χ0) is 11.0. The molecule has 4 nitrogen and oxygen atoms in total. The number of fused-ring (bicyclic) bond motifs is 1. The molecular weight excluding hydrogens is 222 g/mol. The van der Waals surface area contributed by atoms with Gasteiger partial charge >= 0.3 is 0 Å². The van der Waals surface area contributed by atoms with Crippen molar-refractivity contribution in [3.8, 4) is 0 Å². The summed E-state index contributed by atoms with van der Waals surface area (Å²) in [5, 5.41) is 7.06. The second kappa shape index (κ2) is 3.53. The predicted molar refractivity (Wildman–Crippen MR) is 66.0 cm³/mol. The van der Waals surface area contributed by atoms with Crippen LogP contribution >= 0.6 is 11.3 Å². The van der Waals surface area contributed by atoms with Crippen molar-refractivity contribution in [1.29, 1.82) is 0 Å². The fourth-order valence-electron chi connectivity index (χ4n) is 1.45. The smallest absolute Gasteiger partial charge is 0.300 e. The van der Waals surface area contributed by atoms with Crippen molar-refractivity contribution >= 4 is 39.8 Å². The summed E-state index contributed by atoms with van der Waals surface area (Å²) in [6.07, 6.45) is 0. The van der Waals surface area contributed by atoms with E-state index in [9.17, 15) is 0 Å². The van der Waals surface area contributed by atoms with E-state index in [1.54, 1.807) is 23.5 Å². The molecule has 5 heteroatoms. The molecule has 3 rings (SSSR count). The van der Waals surface area contributed by atoms with Crippen molar-refractivity contribution < 1.29 is 4.42 Å². The van der Waals surface area contributed by atoms with Crippen molar-refractivity contribution in [1.82, 2.24) is 4.98 Å². The number of nitrogen functional groups attached to an aromatic ring is 1. The van der Waals surface area contributed by atoms with Crippen LogP contribution < -0.4 is 11.1 Å². The number of nitrogens with one attached hydrogen (secondary N) is 1. The Bertz CT molecular complexity index is 615. The molecule has 0 saturated heterocycles. The highest BCUT2D eigenvalue weighted by atomic mass is 32.1. The summed E-state index contributed by atoms with van der Waals surface area (Å²) in [7, 11) is 0. The number of benzene rings is 1. The second-order valence-corrected chi connectivity index (χ2v) is 4.16. The lowest BCUT2D eigenvalue weighted by molar-refractivity contribution is 0.623. The lowest BCUT2D eigenvalue weighted by atomic mass is 10.3. The first-order valence-electron chi connectivity index (χ1n) is 4.76. The SMILES string of the molecule is Nc1ccc2nc(Nc3ccsc3)oc2c1. The van der Waals surface area contributed by atoms with Crippen LogP contribution in [0.25, 0.3) is 11.1 Å². The van der Waals surface area contributed by atoms with E-state index in [0.717, 1.165) is 11.2 Å². The Morgan fingerprint density at radius 2 is 2.25 bits per heavy atom. The Hall–Kier alpha value is -2.01. The minimum Gasteiger partial charge on any atom is -0.423 e. The third-order valence-electron chi connectivity index (χ3n) is 2.18. The summed E-state index contributed by atoms with van der Waals surface area (Å²) in [6, 6.07) is 7.86. The largest absolute Gasteiger partial charge is 0.423 e. The maximum atomic E-state index is 5.66. The fourth-order valence-corrected chi connectivity index (χ4v) is 2.04. The number of nitrogens with zero attached hydrogens (tertiary/aromatic N) is 1. The molecule has 0 aliphatic carbocycles. The number of aromatic nitrogens is 1. The van der Waals surface area contributed by atoms with Crippen LogP contribution in [0.3, 0.4) is 0 Å². The summed E-state index contributed by atoms with van der Waals surface area (Å²) in [5.74, 6) is 0. The van der Waals surface area contributed by atoms with E-state index in [1.165, 1.54) is 0 Å². The minimum absolute atomic E-state index is 0.485. The number of thiophene rings is 1. The van der Waals surface area contributed by atoms with Gasteiger partial charge in [-0.05, 0) is 23.6 Å². The Morgan fingerprint density at radius 1 is 1.31 bits per heavy atom. The molecule has 0 atom stereocenters. The van der Waals surface area contributed by atoms with Gasteiger partial charge in [-0.3, -0.25) is 0 Å². The molecule has 0 bridgehead atoms. The molecule has 0 aliphatic heterocycles. The van der Waals surface area contributed by atoms with Crippen molar-refractivity contribution in [2.24, 2.45) is 0 Å². The van der Waals surface area contributed by atoms with Crippen LogP contribution in [0.1, 0.15) is 0 Å². The highest BCUT2D eigenvalue weighted by Gasteiger charge is 2.05. The number of oxazole rings is 1. The lowest BCUT2D eigenvalue weighted by Crippen LogP contribution is -1.86. The molecule has 0 aliphatic rings. The van der Waals surface area contributed by atoms with E-state index in [1.807, 2.05) is 22.9 Å². The number of nitrogens with two attached hydrogens (primary N) is 1. The highest BCUT2D eigenvalue weighted by Crippen LogP contribution is 2.24. The Labute approximate surface area is 95.7 Å². The van der Waals surface area contributed by atoms with E-state index in [4.69, 9.17) is 10.2 Å². The fraction of sp³-hybridized carbons (Fsp3) is 0. The average molecular weight is 231 g/mol. The molecule has 1 aromatic carbocycles. The highest BCUT2D eigenvalue weighted by molar-refractivity contribution is 7.08. The third-order valence-corrected chi connectivity index (χ3v) is 2.87. The molecule has 2 heterocycles. The van der Waals surface area contributed by atoms with Crippen LogP contribution in [-0.2, 0) is 0 Å². The molecular formula is C11H9N3OS. The number of hydrogen-bond acceptors (Lipinski definition) is 5. The van der Waals surface area contributed by atoms with Gasteiger partial charge in [0.15, 0.2) is 5.58 Å². The lowest BCUT2D eigenvalue weighted by Gasteiger charge is -1.94. The predicted octanol–water partition coefficient (Wildman–Crippen LogP) is 3.22. The maximum Gasteiger partial charge on any atom is 0.300 e. The van der Waals surface area contributed by atoms with E-state index >= 15 is 0 Å². The van der Waals surface area contributed by atoms with Crippen LogP contribution in [0, 0.1) is 0 Å². The second-order valence-electron chi connectivity index (χ2n) is 3.38. The molecule has 0 fully saturated rings. The van der Waals surface area contributed by atoms with Crippen molar-refractivity contribution in [3.63, 3.8) is 0 Å². The van der Waals surface area contributed by atoms with E-state index in [0.29, 0.717) is 17.3 Å². The van der Waals surface area contributed by atoms with Crippen LogP contribution in [-0.4, -0.2) is 4.98 Å². The quantitative estimate of drug-likeness (QED) is 0.665. The van der Waals surface area contributed by atoms with Gasteiger partial charge in [-0.1, -0.05) is 0 Å². The Kier molecular flexibility index (Phi) is 2.04. The Balaban J connectivity index is 1.99. The maximum absolute atomic E-state index is 5.66. The van der Waals surface area contributed by atoms with Crippen LogP contribution in [0.2, 0.25) is 0 Å². The van der Waals surface area contributed by atoms with Gasteiger partial charge in [0.2, 0.25) is 0 Å². The van der Waals surface area contributed by atoms with Gasteiger partial charge in [0.1, 0.15) is 5.52 Å². The first kappa shape index (κ1) is 9.23. The minimum atomic E-state index is 0.485. The van der Waals surface area contributed by atoms with Gasteiger partial charge in [-0.25, -0.2) is 0 Å². The molecule has 3 aromatic rings. The van der Waals surface area contributed by atoms with Crippen molar-refractivity contribution in [2.45, 2.75) is 0 Å². The molecule has 0 unspecified atom stereocenters. The zero-order valence-electron chi connectivity index (χ0n) is 8.31. The van der Waals surface area contributed by atoms with Crippen molar-refractivity contribution in [3.05, 3.63) is 35.0 Å². The molecule has 16 heavy (non-hydrogen) atoms. The molecule has 0 radical (unpaired) electrons. The van der Waals surface area contributed by atoms with Gasteiger partial charge in [-0.2, -0.15) is 16.3 Å². The first-order chi connectivity index (χ1) is 7.81. The number of rotatable bonds is 2. The first-order valence-corrected chi connectivity index (χ1v) is 5.71. The average Bonchev–Trinajstić information content (AvgIpc) is 2.86. The number of anilines is 3. The monoisotopic (exact) mass is 231 g/mol. The molecule has 2 aromatic heterocycles. The van der Waals surface area contributed by atoms with Gasteiger partial charge in [0.25, 0.3) is 6.01 Å². The number of hydrogen-bond donors (Lipinski definition) is 2. The molecule has 0 spiro atoms. The van der Waals surface area contributed by atoms with Gasteiger partial charge in [0.05, 0.1) is 5.69 Å². The van der Waals surface area contributed by atoms with Crippen LogP contribution in [0.5, 0.6) is 0 Å². The summed E-state index contributed by atoms with van der Waals surface area (Å²) in [5.41, 5.74) is 8.80. The molecule has 3 N–H and O–H groups in total. The van der Waals surface area contributed by atoms with Gasteiger partial charge in [-0.15, -0.1) is 0 Å². The van der Waals surface area contributed by atoms with Gasteiger partial charge in [0, 0.05) is 17.1 Å². The van der Waals surface area contributed by atoms with E-state index < -0.39 is 0 Å². The van der Waals surface area contributed by atoms with Crippen LogP contribution in [0.4, 0.5) is 17.4 Å². The van der Waals surface area contributed by atoms with Crippen molar-refractivity contribution in [2.75, 3.05) is 11.1 Å². The third kappa shape index (κ3) is 1.61. The van der Waals surface area contributed by atoms with E-state index in [2.05, 4.69) is 10.3 Å². The zero-order valence-corrected chi connectivity index (χ0v) is 9.12. The molecule has 0 saturated carbocycles.